The Kier molecular flexibility index (Phi) is 14.5. The van der Waals surface area contributed by atoms with Gasteiger partial charge in [0.25, 0.3) is 0 Å². The summed E-state index contributed by atoms with van der Waals surface area (Å²) in [5.74, 6) is 0. The monoisotopic (exact) mass is 1860 g/mol. The van der Waals surface area contributed by atoms with E-state index in [0.29, 0.717) is 105 Å². The Bertz CT molecular complexity index is 12200. The van der Waals surface area contributed by atoms with E-state index in [1.165, 1.54) is 21.5 Å². The molecule has 0 aliphatic carbocycles. The molecular formula is C142H86O3. The first-order valence-electron chi connectivity index (χ1n) is 60.0. The standard InChI is InChI=1S/C50H30O.2C46H28O/c1-2-13-33-29-36(26-23-31(33)11-1)47-40-15-5-7-17-42(40)48(43-18-8-6-16-41(43)47)44-20-10-22-46-49(44)45-21-9-19-39(50(45)51-46)35-27-28-38-34(30-35)25-24-32-12-3-4-14-37(32)38;1-2-14-31-28-32(27-26-29(31)12-1)34-21-10-24-41-45-40(23-11-25-42(45)47-46(34)41)44-38-19-7-5-17-36(38)43(37-18-6-8-20-39(37)44)35-22-9-15-30-13-3-4-16-33(30)35;1-2-13-30(14-3-1)43-36-16-6-8-18-38(36)44(39-19-9-7-17-37(39)43)40-21-11-23-42-45(40)41-22-10-20-35(46(41)47-42)32-26-27-34-31(28-32)25-24-29-12-4-5-15-33(29)34/h1-30H;2*1-28H/i5D,6D,7D,8D,15D,16D,17D,18D;5D,6D,7D,8D,17D,18D,19D,20D;6D,7D,8D,9D,16D,17D,18D,19D. The average Bonchev–Trinajstić information content (AvgIpc) is 1.69. The molecule has 0 fully saturated rings. The Hall–Kier alpha value is -19.1. The highest BCUT2D eigenvalue weighted by atomic mass is 16.3. The quantitative estimate of drug-likeness (QED) is 0.107. The molecule has 0 bridgehead atoms. The van der Waals surface area contributed by atoms with Gasteiger partial charge in [0.05, 0.1) is 32.9 Å². The molecule has 0 atom stereocenters. The number of fused-ring (bicyclic) bond motifs is 24. The van der Waals surface area contributed by atoms with E-state index in [9.17, 15) is 16.4 Å². The molecule has 0 N–H and O–H groups in total. The number of benzene rings is 28. The molecule has 0 aliphatic heterocycles. The van der Waals surface area contributed by atoms with Crippen LogP contribution in [-0.4, -0.2) is 0 Å². The number of hydrogen-bond donors (Lipinski definition) is 0. The normalized spacial score (nSPS) is 14.2. The van der Waals surface area contributed by atoms with Gasteiger partial charge in [0.2, 0.25) is 0 Å². The van der Waals surface area contributed by atoms with Crippen molar-refractivity contribution in [2.45, 2.75) is 0 Å². The fourth-order valence-corrected chi connectivity index (χ4v) is 22.5. The molecule has 0 saturated carbocycles. The Labute approximate surface area is 868 Å². The first-order valence-corrected chi connectivity index (χ1v) is 48.0. The topological polar surface area (TPSA) is 39.4 Å². The zero-order chi connectivity index (χ0) is 116. The molecule has 0 unspecified atom stereocenters. The fourth-order valence-electron chi connectivity index (χ4n) is 22.5. The van der Waals surface area contributed by atoms with Gasteiger partial charge in [0.15, 0.2) is 0 Å². The van der Waals surface area contributed by atoms with E-state index in [4.69, 9.17) is 29.7 Å². The molecule has 3 heterocycles. The number of rotatable bonds is 9. The van der Waals surface area contributed by atoms with Gasteiger partial charge < -0.3 is 13.3 Å². The number of para-hydroxylation sites is 3. The van der Waals surface area contributed by atoms with Gasteiger partial charge in [-0.15, -0.1) is 0 Å². The van der Waals surface area contributed by atoms with Crippen LogP contribution in [-0.2, 0) is 0 Å². The Morgan fingerprint density at radius 3 is 0.752 bits per heavy atom. The largest absolute Gasteiger partial charge is 0.455 e. The maximum atomic E-state index is 9.49. The molecule has 145 heavy (non-hydrogen) atoms. The van der Waals surface area contributed by atoms with Crippen LogP contribution in [0.4, 0.5) is 0 Å². The van der Waals surface area contributed by atoms with Crippen molar-refractivity contribution in [3.05, 3.63) is 521 Å². The van der Waals surface area contributed by atoms with Crippen molar-refractivity contribution in [3.8, 4) is 100 Å². The van der Waals surface area contributed by atoms with Gasteiger partial charge in [-0.2, -0.15) is 0 Å². The highest BCUT2D eigenvalue weighted by molar-refractivity contribution is 6.32. The minimum atomic E-state index is -0.441. The molecular weight excluding hydrogens is 1750 g/mol. The van der Waals surface area contributed by atoms with Gasteiger partial charge >= 0.3 is 0 Å². The summed E-state index contributed by atoms with van der Waals surface area (Å²) in [6, 6.07) is 113. The highest BCUT2D eigenvalue weighted by Crippen LogP contribution is 2.55. The molecule has 0 amide bonds. The minimum absolute atomic E-state index is 0.163. The summed E-state index contributed by atoms with van der Waals surface area (Å²) >= 11 is 0. The third-order valence-electron chi connectivity index (χ3n) is 28.8. The second-order valence-corrected chi connectivity index (χ2v) is 36.6. The van der Waals surface area contributed by atoms with E-state index in [1.54, 1.807) is 30.3 Å². The highest BCUT2D eigenvalue weighted by Gasteiger charge is 2.28. The van der Waals surface area contributed by atoms with Crippen molar-refractivity contribution in [2.24, 2.45) is 0 Å². The zero-order valence-electron chi connectivity index (χ0n) is 101. The second kappa shape index (κ2) is 33.9. The summed E-state index contributed by atoms with van der Waals surface area (Å²) in [5, 5.41) is 21.2. The maximum absolute atomic E-state index is 9.49. The molecule has 672 valence electrons. The number of furan rings is 3. The first-order chi connectivity index (χ1) is 81.9. The molecule has 28 aromatic carbocycles. The van der Waals surface area contributed by atoms with Crippen molar-refractivity contribution in [1.82, 2.24) is 0 Å². The van der Waals surface area contributed by atoms with Crippen molar-refractivity contribution in [2.75, 3.05) is 0 Å². The molecule has 3 heteroatoms. The Morgan fingerprint density at radius 2 is 0.366 bits per heavy atom. The van der Waals surface area contributed by atoms with Crippen LogP contribution in [0.1, 0.15) is 32.9 Å². The predicted octanol–water partition coefficient (Wildman–Crippen LogP) is 40.8. The molecule has 3 nitrogen and oxygen atoms in total. The van der Waals surface area contributed by atoms with Crippen LogP contribution in [0.2, 0.25) is 0 Å². The van der Waals surface area contributed by atoms with Crippen molar-refractivity contribution < 1.29 is 46.1 Å². The molecule has 0 spiro atoms. The molecule has 0 saturated heterocycles. The van der Waals surface area contributed by atoms with Crippen LogP contribution in [0.5, 0.6) is 0 Å². The van der Waals surface area contributed by atoms with Crippen molar-refractivity contribution in [3.63, 3.8) is 0 Å². The van der Waals surface area contributed by atoms with Gasteiger partial charge in [-0.25, -0.2) is 0 Å². The first kappa shape index (κ1) is 62.1. The smallest absolute Gasteiger partial charge is 0.143 e. The maximum Gasteiger partial charge on any atom is 0.143 e. The summed E-state index contributed by atoms with van der Waals surface area (Å²) in [5.41, 5.74) is 14.1. The zero-order valence-corrected chi connectivity index (χ0v) is 77.0. The van der Waals surface area contributed by atoms with Crippen molar-refractivity contribution in [1.29, 1.82) is 0 Å². The van der Waals surface area contributed by atoms with E-state index in [1.807, 2.05) is 231 Å². The molecule has 0 aliphatic rings. The SMILES string of the molecule is [2H]c1c([2H])c([2H])c2c(-c3cccc4oc5c(-c6ccc7c(ccc8ccccc87)c6)cccc5c34)c3c([2H])c([2H])c([2H])c([2H])c3c(-c3ccc4ccccc4c3)c2c1[2H].[2H]c1c([2H])c([2H])c2c(-c3cccc4oc5c(-c6ccc7c(ccc8ccccc87)c6)cccc5c34)c3c([2H])c([2H])c([2H])c([2H])c3c(-c3ccccc3)c2c1[2H].[2H]c1c([2H])c([2H])c2c(-c3cccc4oc5c(-c6ccc7ccccc7c6)cccc5c34)c3c([2H])c([2H])c([2H])c([2H])c3c(-c3cccc4ccccc34)c2c1[2H]. The Balaban J connectivity index is 0.000000115. The molecule has 3 aromatic heterocycles. The summed E-state index contributed by atoms with van der Waals surface area (Å²) in [4.78, 5) is 0. The van der Waals surface area contributed by atoms with Crippen LogP contribution >= 0.6 is 0 Å². The average molecular weight is 1860 g/mol. The fraction of sp³-hybridized carbons (Fsp3) is 0. The second-order valence-electron chi connectivity index (χ2n) is 36.6. The lowest BCUT2D eigenvalue weighted by molar-refractivity contribution is 0.669. The van der Waals surface area contributed by atoms with E-state index < -0.39 is 72.5 Å². The van der Waals surface area contributed by atoms with Gasteiger partial charge in [0, 0.05) is 49.0 Å². The van der Waals surface area contributed by atoms with Crippen molar-refractivity contribution >= 4 is 206 Å². The van der Waals surface area contributed by atoms with Crippen LogP contribution in [0.15, 0.2) is 534 Å². The molecule has 31 rings (SSSR count). The van der Waals surface area contributed by atoms with Crippen LogP contribution in [0.3, 0.4) is 0 Å². The summed E-state index contributed by atoms with van der Waals surface area (Å²) in [6.07, 6.45) is 0. The van der Waals surface area contributed by atoms with E-state index in [-0.39, 0.29) is 148 Å². The summed E-state index contributed by atoms with van der Waals surface area (Å²) < 4.78 is 239. The summed E-state index contributed by atoms with van der Waals surface area (Å²) in [7, 11) is 0. The lowest BCUT2D eigenvalue weighted by Gasteiger charge is -2.19. The van der Waals surface area contributed by atoms with Crippen LogP contribution < -0.4 is 0 Å². The Morgan fingerprint density at radius 1 is 0.131 bits per heavy atom. The molecule has 0 radical (unpaired) electrons. The van der Waals surface area contributed by atoms with E-state index >= 15 is 0 Å². The van der Waals surface area contributed by atoms with Gasteiger partial charge in [-0.05, 0) is 266 Å². The lowest BCUT2D eigenvalue weighted by atomic mass is 9.84. The third kappa shape index (κ3) is 13.5. The third-order valence-corrected chi connectivity index (χ3v) is 28.8. The van der Waals surface area contributed by atoms with Crippen LogP contribution in [0, 0.1) is 0 Å². The van der Waals surface area contributed by atoms with Crippen LogP contribution in [0.25, 0.3) is 306 Å². The van der Waals surface area contributed by atoms with E-state index in [2.05, 4.69) is 115 Å². The molecule has 31 aromatic rings. The minimum Gasteiger partial charge on any atom is -0.455 e. The van der Waals surface area contributed by atoms with Gasteiger partial charge in [-0.3, -0.25) is 0 Å². The predicted molar refractivity (Wildman–Crippen MR) is 618 cm³/mol. The number of hydrogen-bond acceptors (Lipinski definition) is 3. The summed E-state index contributed by atoms with van der Waals surface area (Å²) in [6.45, 7) is 0. The van der Waals surface area contributed by atoms with Gasteiger partial charge in [-0.1, -0.05) is 479 Å². The van der Waals surface area contributed by atoms with Gasteiger partial charge in [0.1, 0.15) is 33.5 Å². The van der Waals surface area contributed by atoms with E-state index in [0.717, 1.165) is 103 Å². The lowest BCUT2D eigenvalue weighted by Crippen LogP contribution is -1.92.